The van der Waals surface area contributed by atoms with E-state index < -0.39 is 12.1 Å². The van der Waals surface area contributed by atoms with Gasteiger partial charge < -0.3 is 19.5 Å². The number of thiophene rings is 1. The monoisotopic (exact) mass is 458 g/mol. The Balaban J connectivity index is 0.000000339. The lowest BCUT2D eigenvalue weighted by molar-refractivity contribution is -0.192. The van der Waals surface area contributed by atoms with Gasteiger partial charge in [0.05, 0.1) is 23.7 Å². The fourth-order valence-electron chi connectivity index (χ4n) is 3.56. The molecule has 4 rings (SSSR count). The molecule has 2 fully saturated rings. The van der Waals surface area contributed by atoms with Crippen molar-refractivity contribution in [3.63, 3.8) is 0 Å². The molecule has 2 aromatic rings. The van der Waals surface area contributed by atoms with Crippen molar-refractivity contribution in [2.75, 3.05) is 13.2 Å². The number of aryl methyl sites for hydroxylation is 1. The number of pyridine rings is 1. The van der Waals surface area contributed by atoms with E-state index in [2.05, 4.69) is 4.98 Å². The topological polar surface area (TPSA) is 89.0 Å². The second-order valence-electron chi connectivity index (χ2n) is 7.08. The summed E-state index contributed by atoms with van der Waals surface area (Å²) in [5.41, 5.74) is 1.04. The van der Waals surface area contributed by atoms with Gasteiger partial charge in [0.1, 0.15) is 18.0 Å². The Kier molecular flexibility index (Phi) is 7.16. The number of likely N-dealkylation sites (tertiary alicyclic amines) is 1. The maximum Gasteiger partial charge on any atom is 0.490 e. The smallest absolute Gasteiger partial charge is 0.484 e. The van der Waals surface area contributed by atoms with Crippen molar-refractivity contribution in [3.05, 3.63) is 46.4 Å². The van der Waals surface area contributed by atoms with E-state index in [9.17, 15) is 18.0 Å². The van der Waals surface area contributed by atoms with E-state index in [-0.39, 0.29) is 24.2 Å². The second kappa shape index (κ2) is 9.65. The van der Waals surface area contributed by atoms with Crippen molar-refractivity contribution in [2.45, 2.75) is 44.2 Å². The molecule has 31 heavy (non-hydrogen) atoms. The molecule has 168 valence electrons. The molecule has 0 saturated carbocycles. The van der Waals surface area contributed by atoms with Crippen LogP contribution in [-0.2, 0) is 9.53 Å². The Morgan fingerprint density at radius 2 is 2.10 bits per heavy atom. The number of alkyl halides is 3. The summed E-state index contributed by atoms with van der Waals surface area (Å²) in [4.78, 5) is 28.8. The van der Waals surface area contributed by atoms with Crippen LogP contribution in [0.25, 0.3) is 0 Å². The maximum absolute atomic E-state index is 13.0. The molecule has 0 aromatic carbocycles. The average Bonchev–Trinajstić information content (AvgIpc) is 3.32. The number of rotatable bonds is 3. The van der Waals surface area contributed by atoms with Crippen molar-refractivity contribution in [2.24, 2.45) is 0 Å². The summed E-state index contributed by atoms with van der Waals surface area (Å²) >= 11 is 1.51. The molecule has 0 unspecified atom stereocenters. The molecule has 2 saturated heterocycles. The van der Waals surface area contributed by atoms with Gasteiger partial charge in [0.2, 0.25) is 0 Å². The van der Waals surface area contributed by atoms with Gasteiger partial charge in [0, 0.05) is 12.8 Å². The van der Waals surface area contributed by atoms with Gasteiger partial charge in [0.15, 0.2) is 0 Å². The van der Waals surface area contributed by atoms with Crippen LogP contribution in [0.5, 0.6) is 5.75 Å². The number of halogens is 3. The van der Waals surface area contributed by atoms with Crippen LogP contribution in [0.1, 0.15) is 28.1 Å². The predicted molar refractivity (Wildman–Crippen MR) is 105 cm³/mol. The summed E-state index contributed by atoms with van der Waals surface area (Å²) in [6.07, 6.45) is 0.0662. The molecular weight excluding hydrogens is 437 g/mol. The van der Waals surface area contributed by atoms with Crippen LogP contribution < -0.4 is 4.74 Å². The van der Waals surface area contributed by atoms with Gasteiger partial charge >= 0.3 is 12.1 Å². The molecule has 0 radical (unpaired) electrons. The summed E-state index contributed by atoms with van der Waals surface area (Å²) in [5.74, 6) is -1.94. The van der Waals surface area contributed by atoms with Crippen molar-refractivity contribution in [3.8, 4) is 5.75 Å². The van der Waals surface area contributed by atoms with E-state index in [1.807, 2.05) is 35.4 Å². The summed E-state index contributed by atoms with van der Waals surface area (Å²) in [6.45, 7) is 3.27. The largest absolute Gasteiger partial charge is 0.490 e. The first-order chi connectivity index (χ1) is 14.7. The van der Waals surface area contributed by atoms with Gasteiger partial charge in [-0.05, 0) is 48.9 Å². The van der Waals surface area contributed by atoms with Crippen LogP contribution in [0.15, 0.2) is 36.0 Å². The Labute approximate surface area is 180 Å². The first-order valence-corrected chi connectivity index (χ1v) is 10.4. The minimum atomic E-state index is -5.08. The van der Waals surface area contributed by atoms with Gasteiger partial charge in [-0.1, -0.05) is 0 Å². The van der Waals surface area contributed by atoms with Crippen molar-refractivity contribution >= 4 is 23.2 Å². The molecule has 0 spiro atoms. The number of carboxylic acids is 1. The molecule has 2 aliphatic rings. The lowest BCUT2D eigenvalue weighted by Crippen LogP contribution is -2.44. The third-order valence-corrected chi connectivity index (χ3v) is 5.96. The zero-order valence-corrected chi connectivity index (χ0v) is 17.4. The number of hydrogen-bond acceptors (Lipinski definition) is 6. The Hall–Kier alpha value is -2.66. The predicted octanol–water partition coefficient (Wildman–Crippen LogP) is 3.54. The van der Waals surface area contributed by atoms with Crippen LogP contribution >= 0.6 is 11.3 Å². The highest BCUT2D eigenvalue weighted by Crippen LogP contribution is 2.33. The first kappa shape index (κ1) is 23.0. The molecule has 0 aliphatic carbocycles. The minimum absolute atomic E-state index is 0.0665. The van der Waals surface area contributed by atoms with Crippen molar-refractivity contribution < 1.29 is 37.3 Å². The normalized spacial score (nSPS) is 22.8. The molecule has 2 aromatic heterocycles. The molecule has 7 nitrogen and oxygen atoms in total. The number of hydrogen-bond donors (Lipinski definition) is 1. The maximum atomic E-state index is 13.0. The lowest BCUT2D eigenvalue weighted by Gasteiger charge is -2.32. The Morgan fingerprint density at radius 3 is 2.68 bits per heavy atom. The lowest BCUT2D eigenvalue weighted by atomic mass is 10.0. The highest BCUT2D eigenvalue weighted by molar-refractivity contribution is 7.12. The zero-order valence-electron chi connectivity index (χ0n) is 16.5. The number of carboxylic acid groups (broad SMARTS) is 1. The van der Waals surface area contributed by atoms with E-state index in [1.165, 1.54) is 11.3 Å². The number of amides is 1. The molecule has 3 atom stereocenters. The standard InChI is InChI=1S/C18H20N2O3S.C2HF3O2/c1-12-6-9-24-17(12)18(21)20-11-15(16-14(20)5-3-8-22-16)23-13-4-2-7-19-10-13;3-2(4,5)1(6)7/h2,4,6-7,9-10,14-16H,3,5,8,11H2,1H3;(H,6,7)/t14-,15-,16+;/m1./s1. The van der Waals surface area contributed by atoms with E-state index in [0.29, 0.717) is 6.54 Å². The number of carbonyl (C=O) groups is 2. The number of aromatic nitrogens is 1. The molecule has 11 heteroatoms. The van der Waals surface area contributed by atoms with Gasteiger partial charge in [-0.3, -0.25) is 9.78 Å². The molecule has 1 amide bonds. The van der Waals surface area contributed by atoms with Crippen molar-refractivity contribution in [1.82, 2.24) is 9.88 Å². The quantitative estimate of drug-likeness (QED) is 0.757. The van der Waals surface area contributed by atoms with Gasteiger partial charge in [0.25, 0.3) is 5.91 Å². The average molecular weight is 458 g/mol. The molecule has 2 aliphatic heterocycles. The number of aliphatic carboxylic acids is 1. The van der Waals surface area contributed by atoms with Crippen LogP contribution in [0.2, 0.25) is 0 Å². The second-order valence-corrected chi connectivity index (χ2v) is 8.00. The minimum Gasteiger partial charge on any atom is -0.484 e. The van der Waals surface area contributed by atoms with E-state index in [1.54, 1.807) is 12.4 Å². The van der Waals surface area contributed by atoms with E-state index >= 15 is 0 Å². The van der Waals surface area contributed by atoms with Gasteiger partial charge in [-0.25, -0.2) is 4.79 Å². The van der Waals surface area contributed by atoms with Gasteiger partial charge in [-0.15, -0.1) is 11.3 Å². The Morgan fingerprint density at radius 1 is 1.35 bits per heavy atom. The van der Waals surface area contributed by atoms with Crippen LogP contribution in [0.3, 0.4) is 0 Å². The number of carbonyl (C=O) groups excluding carboxylic acids is 1. The van der Waals surface area contributed by atoms with Crippen LogP contribution in [0.4, 0.5) is 13.2 Å². The molecule has 1 N–H and O–H groups in total. The summed E-state index contributed by atoms with van der Waals surface area (Å²) in [5, 5.41) is 9.09. The fourth-order valence-corrected chi connectivity index (χ4v) is 4.44. The zero-order chi connectivity index (χ0) is 22.6. The van der Waals surface area contributed by atoms with Crippen LogP contribution in [0, 0.1) is 6.92 Å². The van der Waals surface area contributed by atoms with E-state index in [0.717, 1.165) is 35.6 Å². The first-order valence-electron chi connectivity index (χ1n) is 9.52. The fraction of sp³-hybridized carbons (Fsp3) is 0.450. The highest BCUT2D eigenvalue weighted by atomic mass is 32.1. The molecular formula is C20H21F3N2O5S. The summed E-state index contributed by atoms with van der Waals surface area (Å²) in [6, 6.07) is 5.82. The SMILES string of the molecule is Cc1ccsc1C(=O)N1C[C@@H](Oc2cccnc2)[C@H]2OCCC[C@H]21.O=C(O)C(F)(F)F. The van der Waals surface area contributed by atoms with Gasteiger partial charge in [-0.2, -0.15) is 13.2 Å². The number of fused-ring (bicyclic) bond motifs is 1. The highest BCUT2D eigenvalue weighted by Gasteiger charge is 2.48. The number of ether oxygens (including phenoxy) is 2. The molecule has 4 heterocycles. The third kappa shape index (κ3) is 5.53. The van der Waals surface area contributed by atoms with Crippen LogP contribution in [-0.4, -0.2) is 64.4 Å². The number of nitrogens with zero attached hydrogens (tertiary/aromatic N) is 2. The molecule has 0 bridgehead atoms. The van der Waals surface area contributed by atoms with E-state index in [4.69, 9.17) is 19.4 Å². The third-order valence-electron chi connectivity index (χ3n) is 4.96. The summed E-state index contributed by atoms with van der Waals surface area (Å²) < 4.78 is 43.8. The Bertz CT molecular complexity index is 906. The van der Waals surface area contributed by atoms with Crippen molar-refractivity contribution in [1.29, 1.82) is 0 Å². The summed E-state index contributed by atoms with van der Waals surface area (Å²) in [7, 11) is 0.